The van der Waals surface area contributed by atoms with Crippen molar-refractivity contribution in [2.75, 3.05) is 19.0 Å². The molecule has 0 spiro atoms. The zero-order valence-electron chi connectivity index (χ0n) is 12.8. The topological polar surface area (TPSA) is 58.6 Å². The lowest BCUT2D eigenvalue weighted by atomic mass is 10.2. The number of halogens is 1. The number of carbonyl (C=O) groups is 2. The van der Waals surface area contributed by atoms with E-state index in [0.717, 1.165) is 6.42 Å². The van der Waals surface area contributed by atoms with Gasteiger partial charge in [-0.05, 0) is 18.6 Å². The summed E-state index contributed by atoms with van der Waals surface area (Å²) in [4.78, 5) is 25.7. The van der Waals surface area contributed by atoms with Gasteiger partial charge < -0.3 is 10.1 Å². The Morgan fingerprint density at radius 3 is 2.87 bits per heavy atom. The lowest BCUT2D eigenvalue weighted by Gasteiger charge is -2.15. The summed E-state index contributed by atoms with van der Waals surface area (Å²) in [5.74, 6) is 0.346. The van der Waals surface area contributed by atoms with Crippen molar-refractivity contribution in [3.63, 3.8) is 0 Å². The van der Waals surface area contributed by atoms with E-state index in [1.54, 1.807) is 18.2 Å². The van der Waals surface area contributed by atoms with Gasteiger partial charge in [0.2, 0.25) is 11.8 Å². The van der Waals surface area contributed by atoms with Crippen molar-refractivity contribution in [1.29, 1.82) is 0 Å². The second kappa shape index (κ2) is 7.99. The molecule has 1 atom stereocenters. The van der Waals surface area contributed by atoms with Crippen molar-refractivity contribution in [2.24, 2.45) is 0 Å². The fraction of sp³-hybridized carbons (Fsp3) is 0.400. The van der Waals surface area contributed by atoms with Crippen LogP contribution in [0.2, 0.25) is 5.02 Å². The molecule has 1 aliphatic rings. The fourth-order valence-corrected chi connectivity index (χ4v) is 3.75. The molecule has 0 saturated carbocycles. The maximum absolute atomic E-state index is 12.1. The van der Waals surface area contributed by atoms with E-state index in [-0.39, 0.29) is 30.0 Å². The summed E-state index contributed by atoms with van der Waals surface area (Å²) in [6.07, 6.45) is 0.877. The molecule has 1 heterocycles. The molecule has 1 aliphatic heterocycles. The second-order valence-electron chi connectivity index (χ2n) is 4.91. The number of amides is 2. The van der Waals surface area contributed by atoms with Gasteiger partial charge >= 0.3 is 0 Å². The van der Waals surface area contributed by atoms with Gasteiger partial charge in [0.1, 0.15) is 10.1 Å². The van der Waals surface area contributed by atoms with Crippen LogP contribution in [0.15, 0.2) is 18.2 Å². The van der Waals surface area contributed by atoms with Crippen molar-refractivity contribution in [3.05, 3.63) is 23.2 Å². The van der Waals surface area contributed by atoms with Crippen LogP contribution in [-0.2, 0) is 9.59 Å². The first-order chi connectivity index (χ1) is 11.0. The standard InChI is InChI=1S/C15H17ClN2O3S2/c1-3-12-14(20)18(15(22)23-12)7-6-13(19)17-11-8-9(21-2)4-5-10(11)16/h4-5,8,12H,3,6-7H2,1-2H3,(H,17,19). The third-order valence-electron chi connectivity index (χ3n) is 3.39. The molecular weight excluding hydrogens is 356 g/mol. The van der Waals surface area contributed by atoms with Crippen LogP contribution < -0.4 is 10.1 Å². The molecular formula is C15H17ClN2O3S2. The van der Waals surface area contributed by atoms with Gasteiger partial charge in [0, 0.05) is 19.0 Å². The van der Waals surface area contributed by atoms with Gasteiger partial charge in [0.05, 0.1) is 23.1 Å². The van der Waals surface area contributed by atoms with Crippen LogP contribution in [0.5, 0.6) is 5.75 Å². The number of methoxy groups -OCH3 is 1. The van der Waals surface area contributed by atoms with Crippen LogP contribution in [0.1, 0.15) is 19.8 Å². The summed E-state index contributed by atoms with van der Waals surface area (Å²) in [7, 11) is 1.54. The molecule has 1 fully saturated rings. The molecule has 0 aromatic heterocycles. The van der Waals surface area contributed by atoms with Gasteiger partial charge in [-0.1, -0.05) is 42.5 Å². The van der Waals surface area contributed by atoms with E-state index in [9.17, 15) is 9.59 Å². The van der Waals surface area contributed by atoms with Crippen LogP contribution in [0, 0.1) is 0 Å². The molecule has 2 amide bonds. The lowest BCUT2D eigenvalue weighted by Crippen LogP contribution is -2.34. The Labute approximate surface area is 149 Å². The summed E-state index contributed by atoms with van der Waals surface area (Å²) in [6.45, 7) is 2.22. The largest absolute Gasteiger partial charge is 0.497 e. The van der Waals surface area contributed by atoms with Gasteiger partial charge in [-0.2, -0.15) is 0 Å². The predicted octanol–water partition coefficient (Wildman–Crippen LogP) is 3.32. The van der Waals surface area contributed by atoms with Gasteiger partial charge in [0.25, 0.3) is 0 Å². The Morgan fingerprint density at radius 1 is 1.52 bits per heavy atom. The molecule has 8 heteroatoms. The minimum absolute atomic E-state index is 0.0188. The van der Waals surface area contributed by atoms with Crippen molar-refractivity contribution in [1.82, 2.24) is 4.90 Å². The van der Waals surface area contributed by atoms with Crippen molar-refractivity contribution >= 4 is 57.4 Å². The lowest BCUT2D eigenvalue weighted by molar-refractivity contribution is -0.126. The summed E-state index contributed by atoms with van der Waals surface area (Å²) in [6, 6.07) is 5.01. The number of rotatable bonds is 6. The Bertz CT molecular complexity index is 639. The minimum Gasteiger partial charge on any atom is -0.497 e. The van der Waals surface area contributed by atoms with Crippen molar-refractivity contribution in [2.45, 2.75) is 25.0 Å². The quantitative estimate of drug-likeness (QED) is 0.776. The first-order valence-corrected chi connectivity index (χ1v) is 8.78. The predicted molar refractivity (Wildman–Crippen MR) is 97.2 cm³/mol. The third kappa shape index (κ3) is 4.37. The first-order valence-electron chi connectivity index (χ1n) is 7.11. The Kier molecular flexibility index (Phi) is 6.26. The monoisotopic (exact) mass is 372 g/mol. The highest BCUT2D eigenvalue weighted by molar-refractivity contribution is 8.24. The fourth-order valence-electron chi connectivity index (χ4n) is 2.11. The highest BCUT2D eigenvalue weighted by Crippen LogP contribution is 2.30. The summed E-state index contributed by atoms with van der Waals surface area (Å²) < 4.78 is 5.64. The van der Waals surface area contributed by atoms with E-state index < -0.39 is 0 Å². The van der Waals surface area contributed by atoms with E-state index in [1.165, 1.54) is 23.8 Å². The normalized spacial score (nSPS) is 17.5. The number of hydrogen-bond acceptors (Lipinski definition) is 5. The van der Waals surface area contributed by atoms with Crippen LogP contribution in [0.3, 0.4) is 0 Å². The van der Waals surface area contributed by atoms with E-state index in [4.69, 9.17) is 28.6 Å². The Morgan fingerprint density at radius 2 is 2.26 bits per heavy atom. The zero-order valence-corrected chi connectivity index (χ0v) is 15.2. The number of ether oxygens (including phenoxy) is 1. The average molecular weight is 373 g/mol. The molecule has 5 nitrogen and oxygen atoms in total. The van der Waals surface area contributed by atoms with Crippen LogP contribution in [-0.4, -0.2) is 39.9 Å². The Balaban J connectivity index is 1.93. The number of thioether (sulfide) groups is 1. The number of anilines is 1. The third-order valence-corrected chi connectivity index (χ3v) is 5.47. The number of nitrogens with zero attached hydrogens (tertiary/aromatic N) is 1. The summed E-state index contributed by atoms with van der Waals surface area (Å²) in [5, 5.41) is 3.02. The van der Waals surface area contributed by atoms with Gasteiger partial charge in [-0.25, -0.2) is 0 Å². The van der Waals surface area contributed by atoms with Gasteiger partial charge in [-0.15, -0.1) is 0 Å². The number of thiocarbonyl (C=S) groups is 1. The molecule has 1 saturated heterocycles. The van der Waals surface area contributed by atoms with Gasteiger partial charge in [0.15, 0.2) is 0 Å². The number of hydrogen-bond donors (Lipinski definition) is 1. The minimum atomic E-state index is -0.235. The van der Waals surface area contributed by atoms with Crippen LogP contribution in [0.25, 0.3) is 0 Å². The molecule has 124 valence electrons. The smallest absolute Gasteiger partial charge is 0.241 e. The number of nitrogens with one attached hydrogen (secondary N) is 1. The summed E-state index contributed by atoms with van der Waals surface area (Å²) in [5.41, 5.74) is 0.479. The van der Waals surface area contributed by atoms with Crippen molar-refractivity contribution in [3.8, 4) is 5.75 Å². The van der Waals surface area contributed by atoms with E-state index in [2.05, 4.69) is 5.32 Å². The molecule has 1 aromatic carbocycles. The first kappa shape index (κ1) is 18.0. The van der Waals surface area contributed by atoms with Gasteiger partial charge in [-0.3, -0.25) is 14.5 Å². The highest BCUT2D eigenvalue weighted by atomic mass is 35.5. The molecule has 0 bridgehead atoms. The zero-order chi connectivity index (χ0) is 17.0. The number of carbonyl (C=O) groups excluding carboxylic acids is 2. The molecule has 2 rings (SSSR count). The number of benzene rings is 1. The molecule has 0 radical (unpaired) electrons. The SMILES string of the molecule is CCC1SC(=S)N(CCC(=O)Nc2cc(OC)ccc2Cl)C1=O. The molecule has 0 aliphatic carbocycles. The van der Waals surface area contributed by atoms with E-state index in [0.29, 0.717) is 20.8 Å². The average Bonchev–Trinajstić information content (AvgIpc) is 2.81. The molecule has 1 aromatic rings. The molecule has 1 unspecified atom stereocenters. The van der Waals surface area contributed by atoms with Crippen LogP contribution >= 0.6 is 35.6 Å². The van der Waals surface area contributed by atoms with Crippen molar-refractivity contribution < 1.29 is 14.3 Å². The van der Waals surface area contributed by atoms with Crippen LogP contribution in [0.4, 0.5) is 5.69 Å². The maximum Gasteiger partial charge on any atom is 0.241 e. The van der Waals surface area contributed by atoms with E-state index in [1.807, 2.05) is 6.92 Å². The highest BCUT2D eigenvalue weighted by Gasteiger charge is 2.35. The molecule has 23 heavy (non-hydrogen) atoms. The summed E-state index contributed by atoms with van der Waals surface area (Å²) >= 11 is 12.6. The maximum atomic E-state index is 12.1. The Hall–Kier alpha value is -1.31. The second-order valence-corrected chi connectivity index (χ2v) is 7.16. The van der Waals surface area contributed by atoms with E-state index >= 15 is 0 Å². The molecule has 1 N–H and O–H groups in total.